The number of fused-ring (bicyclic) bond motifs is 12. The molecule has 1 aromatic heterocycles. The fourth-order valence-corrected chi connectivity index (χ4v) is 8.34. The van der Waals surface area contributed by atoms with Crippen LogP contribution in [0.4, 0.5) is 0 Å². The van der Waals surface area contributed by atoms with E-state index in [1.165, 1.54) is 93.2 Å². The van der Waals surface area contributed by atoms with Crippen molar-refractivity contribution in [2.45, 2.75) is 19.3 Å². The topological polar surface area (TPSA) is 4.93 Å². The first-order valence-electron chi connectivity index (χ1n) is 16.2. The number of aromatic nitrogens is 1. The molecule has 0 atom stereocenters. The van der Waals surface area contributed by atoms with E-state index in [4.69, 9.17) is 0 Å². The second-order valence-corrected chi connectivity index (χ2v) is 13.3. The molecule has 0 aliphatic heterocycles. The van der Waals surface area contributed by atoms with Crippen LogP contribution >= 0.6 is 0 Å². The highest BCUT2D eigenvalue weighted by molar-refractivity contribution is 6.25. The normalized spacial score (nSPS) is 13.6. The first-order valence-corrected chi connectivity index (χ1v) is 16.2. The Hall–Kier alpha value is -5.66. The van der Waals surface area contributed by atoms with E-state index in [2.05, 4.69) is 170 Å². The van der Waals surface area contributed by atoms with Gasteiger partial charge in [-0.05, 0) is 102 Å². The molecule has 1 nitrogen and oxygen atoms in total. The van der Waals surface area contributed by atoms with E-state index in [-0.39, 0.29) is 5.41 Å². The minimum atomic E-state index is -0.0743. The summed E-state index contributed by atoms with van der Waals surface area (Å²) in [5, 5.41) is 10.4. The van der Waals surface area contributed by atoms with Crippen LogP contribution in [0.25, 0.3) is 82.1 Å². The largest absolute Gasteiger partial charge is 0.309 e. The summed E-state index contributed by atoms with van der Waals surface area (Å²) in [6.07, 6.45) is 0. The molecule has 0 saturated carbocycles. The van der Waals surface area contributed by atoms with Gasteiger partial charge in [0.1, 0.15) is 0 Å². The van der Waals surface area contributed by atoms with Crippen molar-refractivity contribution in [2.75, 3.05) is 0 Å². The lowest BCUT2D eigenvalue weighted by molar-refractivity contribution is 0.661. The average molecular weight is 586 g/mol. The zero-order valence-corrected chi connectivity index (χ0v) is 25.9. The lowest BCUT2D eigenvalue weighted by Crippen LogP contribution is -2.14. The summed E-state index contributed by atoms with van der Waals surface area (Å²) < 4.78 is 2.50. The summed E-state index contributed by atoms with van der Waals surface area (Å²) in [4.78, 5) is 0. The van der Waals surface area contributed by atoms with Gasteiger partial charge < -0.3 is 4.57 Å². The van der Waals surface area contributed by atoms with E-state index in [0.29, 0.717) is 0 Å². The molecule has 0 spiro atoms. The van der Waals surface area contributed by atoms with Crippen molar-refractivity contribution in [3.05, 3.63) is 163 Å². The van der Waals surface area contributed by atoms with Crippen molar-refractivity contribution in [3.8, 4) is 27.9 Å². The molecule has 1 aliphatic carbocycles. The first-order chi connectivity index (χ1) is 22.6. The molecule has 1 heteroatoms. The van der Waals surface area contributed by atoms with E-state index < -0.39 is 0 Å². The maximum atomic E-state index is 2.50. The van der Waals surface area contributed by atoms with Crippen molar-refractivity contribution >= 4 is 54.1 Å². The van der Waals surface area contributed by atoms with Crippen LogP contribution in [-0.2, 0) is 5.41 Å². The summed E-state index contributed by atoms with van der Waals surface area (Å²) in [5.41, 5.74) is 11.6. The molecule has 8 aromatic carbocycles. The average Bonchev–Trinajstić information content (AvgIpc) is 3.55. The van der Waals surface area contributed by atoms with Gasteiger partial charge in [0, 0.05) is 21.9 Å². The molecule has 0 bridgehead atoms. The zero-order chi connectivity index (χ0) is 30.6. The predicted molar refractivity (Wildman–Crippen MR) is 196 cm³/mol. The number of rotatable bonds is 2. The van der Waals surface area contributed by atoms with Gasteiger partial charge in [-0.3, -0.25) is 0 Å². The summed E-state index contributed by atoms with van der Waals surface area (Å²) >= 11 is 0. The Bertz CT molecular complexity index is 2670. The van der Waals surface area contributed by atoms with Crippen LogP contribution in [0.2, 0.25) is 0 Å². The standard InChI is InChI=1S/C45H31N/c1-45(2)41-19-11-10-18-36(41)38-26-40-39-24-29(28-12-4-3-5-13-28)20-23-43(39)46(44(40)27-42(38)45)30-21-22-35-33-16-7-6-14-31(33)32-15-8-9-17-34(32)37(35)25-30/h3-27H,1-2H3. The fourth-order valence-electron chi connectivity index (χ4n) is 8.34. The molecule has 46 heavy (non-hydrogen) atoms. The molecule has 1 heterocycles. The molecule has 0 fully saturated rings. The van der Waals surface area contributed by atoms with Crippen molar-refractivity contribution in [2.24, 2.45) is 0 Å². The van der Waals surface area contributed by atoms with Gasteiger partial charge in [0.05, 0.1) is 11.0 Å². The SMILES string of the molecule is CC1(C)c2ccccc2-c2cc3c4cc(-c5ccccc5)ccc4n(-c4ccc5c6ccccc6c6ccccc6c5c4)c3cc21. The van der Waals surface area contributed by atoms with E-state index in [0.717, 1.165) is 0 Å². The third kappa shape index (κ3) is 3.40. The van der Waals surface area contributed by atoms with Gasteiger partial charge >= 0.3 is 0 Å². The molecule has 0 radical (unpaired) electrons. The van der Waals surface area contributed by atoms with E-state index in [1.807, 2.05) is 0 Å². The van der Waals surface area contributed by atoms with Gasteiger partial charge in [0.2, 0.25) is 0 Å². The van der Waals surface area contributed by atoms with Gasteiger partial charge in [0.25, 0.3) is 0 Å². The maximum absolute atomic E-state index is 2.50. The Kier molecular flexibility index (Phi) is 5.12. The van der Waals surface area contributed by atoms with Gasteiger partial charge in [-0.15, -0.1) is 0 Å². The fraction of sp³-hybridized carbons (Fsp3) is 0.0667. The third-order valence-electron chi connectivity index (χ3n) is 10.6. The molecule has 1 aliphatic rings. The smallest absolute Gasteiger partial charge is 0.0544 e. The van der Waals surface area contributed by atoms with Gasteiger partial charge in [-0.2, -0.15) is 0 Å². The molecule has 9 aromatic rings. The monoisotopic (exact) mass is 585 g/mol. The van der Waals surface area contributed by atoms with E-state index in [1.54, 1.807) is 0 Å². The highest BCUT2D eigenvalue weighted by Crippen LogP contribution is 2.51. The van der Waals surface area contributed by atoms with Gasteiger partial charge in [-0.1, -0.05) is 129 Å². The summed E-state index contributed by atoms with van der Waals surface area (Å²) in [7, 11) is 0. The predicted octanol–water partition coefficient (Wildman–Crippen LogP) is 12.2. The molecule has 0 N–H and O–H groups in total. The Morgan fingerprint density at radius 3 is 1.72 bits per heavy atom. The van der Waals surface area contributed by atoms with Crippen molar-refractivity contribution in [1.29, 1.82) is 0 Å². The Morgan fingerprint density at radius 2 is 0.978 bits per heavy atom. The van der Waals surface area contributed by atoms with Crippen LogP contribution in [0, 0.1) is 0 Å². The highest BCUT2D eigenvalue weighted by atomic mass is 15.0. The van der Waals surface area contributed by atoms with Crippen LogP contribution in [0.1, 0.15) is 25.0 Å². The molecule has 0 amide bonds. The van der Waals surface area contributed by atoms with E-state index >= 15 is 0 Å². The zero-order valence-electron chi connectivity index (χ0n) is 25.9. The van der Waals surface area contributed by atoms with Crippen LogP contribution in [0.15, 0.2) is 152 Å². The van der Waals surface area contributed by atoms with Crippen LogP contribution < -0.4 is 0 Å². The third-order valence-corrected chi connectivity index (χ3v) is 10.6. The van der Waals surface area contributed by atoms with Crippen LogP contribution in [0.5, 0.6) is 0 Å². The van der Waals surface area contributed by atoms with Gasteiger partial charge in [0.15, 0.2) is 0 Å². The lowest BCUT2D eigenvalue weighted by atomic mass is 9.82. The Labute approximate surface area is 268 Å². The molecular formula is C45H31N. The second kappa shape index (κ2) is 9.19. The number of hydrogen-bond donors (Lipinski definition) is 0. The summed E-state index contributed by atoms with van der Waals surface area (Å²) in [6, 6.07) is 56.4. The summed E-state index contributed by atoms with van der Waals surface area (Å²) in [6.45, 7) is 4.74. The van der Waals surface area contributed by atoms with Crippen molar-refractivity contribution in [3.63, 3.8) is 0 Å². The highest BCUT2D eigenvalue weighted by Gasteiger charge is 2.36. The number of nitrogens with zero attached hydrogens (tertiary/aromatic N) is 1. The lowest BCUT2D eigenvalue weighted by Gasteiger charge is -2.21. The Balaban J connectivity index is 1.32. The first kappa shape index (κ1) is 25.6. The van der Waals surface area contributed by atoms with E-state index in [9.17, 15) is 0 Å². The molecular weight excluding hydrogens is 555 g/mol. The summed E-state index contributed by atoms with van der Waals surface area (Å²) in [5.74, 6) is 0. The van der Waals surface area contributed by atoms with Crippen LogP contribution in [0.3, 0.4) is 0 Å². The Morgan fingerprint density at radius 1 is 0.370 bits per heavy atom. The number of benzene rings is 8. The van der Waals surface area contributed by atoms with Crippen molar-refractivity contribution in [1.82, 2.24) is 4.57 Å². The number of hydrogen-bond acceptors (Lipinski definition) is 0. The van der Waals surface area contributed by atoms with Gasteiger partial charge in [-0.25, -0.2) is 0 Å². The minimum Gasteiger partial charge on any atom is -0.309 e. The molecule has 10 rings (SSSR count). The van der Waals surface area contributed by atoms with Crippen LogP contribution in [-0.4, -0.2) is 4.57 Å². The van der Waals surface area contributed by atoms with Crippen molar-refractivity contribution < 1.29 is 0 Å². The maximum Gasteiger partial charge on any atom is 0.0544 e. The minimum absolute atomic E-state index is 0.0743. The second-order valence-electron chi connectivity index (χ2n) is 13.3. The molecule has 0 saturated heterocycles. The molecule has 0 unspecified atom stereocenters. The quantitative estimate of drug-likeness (QED) is 0.178. The molecule has 216 valence electrons.